The molecule has 25 heavy (non-hydrogen) atoms. The first kappa shape index (κ1) is 17.2. The number of carbonyl (C=O) groups is 1. The molecule has 0 spiro atoms. The quantitative estimate of drug-likeness (QED) is 0.458. The Balaban J connectivity index is 1.91. The van der Waals surface area contributed by atoms with Crippen LogP contribution >= 0.6 is 24.0 Å². The molecular formula is C19H12FNO2S2. The van der Waals surface area contributed by atoms with Crippen LogP contribution in [0.3, 0.4) is 0 Å². The zero-order chi connectivity index (χ0) is 17.8. The van der Waals surface area contributed by atoms with E-state index in [9.17, 15) is 9.18 Å². The highest BCUT2D eigenvalue weighted by Crippen LogP contribution is 2.37. The van der Waals surface area contributed by atoms with Gasteiger partial charge in [0, 0.05) is 5.56 Å². The fourth-order valence-corrected chi connectivity index (χ4v) is 3.56. The summed E-state index contributed by atoms with van der Waals surface area (Å²) in [7, 11) is 0. The van der Waals surface area contributed by atoms with Crippen LogP contribution in [0, 0.1) is 18.2 Å². The number of benzene rings is 2. The lowest BCUT2D eigenvalue weighted by atomic mass is 10.2. The average Bonchev–Trinajstić information content (AvgIpc) is 2.89. The first-order valence-corrected chi connectivity index (χ1v) is 8.51. The number of ether oxygens (including phenoxy) is 1. The molecular weight excluding hydrogens is 357 g/mol. The number of amides is 1. The van der Waals surface area contributed by atoms with Crippen molar-refractivity contribution in [3.05, 3.63) is 64.8 Å². The van der Waals surface area contributed by atoms with Gasteiger partial charge in [0.15, 0.2) is 4.32 Å². The van der Waals surface area contributed by atoms with Gasteiger partial charge >= 0.3 is 0 Å². The SMILES string of the molecule is C#CCOc1ccccc1/C=C1/SC(=S)N(c2ccc(F)cc2)C1=O. The van der Waals surface area contributed by atoms with E-state index in [0.29, 0.717) is 20.7 Å². The molecule has 1 saturated heterocycles. The Labute approximate surface area is 154 Å². The predicted molar refractivity (Wildman–Crippen MR) is 103 cm³/mol. The number of halogens is 1. The predicted octanol–water partition coefficient (Wildman–Crippen LogP) is 4.24. The summed E-state index contributed by atoms with van der Waals surface area (Å²) in [4.78, 5) is 14.6. The minimum absolute atomic E-state index is 0.140. The van der Waals surface area contributed by atoms with Crippen molar-refractivity contribution in [1.29, 1.82) is 0 Å². The molecule has 3 rings (SSSR count). The zero-order valence-corrected chi connectivity index (χ0v) is 14.6. The summed E-state index contributed by atoms with van der Waals surface area (Å²) in [6.07, 6.45) is 6.94. The van der Waals surface area contributed by atoms with E-state index in [1.807, 2.05) is 18.2 Å². The summed E-state index contributed by atoms with van der Waals surface area (Å²) < 4.78 is 19.0. The van der Waals surface area contributed by atoms with Gasteiger partial charge in [-0.1, -0.05) is 48.1 Å². The largest absolute Gasteiger partial charge is 0.480 e. The van der Waals surface area contributed by atoms with Gasteiger partial charge in [-0.15, -0.1) is 6.42 Å². The average molecular weight is 369 g/mol. The van der Waals surface area contributed by atoms with Gasteiger partial charge in [-0.2, -0.15) is 0 Å². The molecule has 2 aromatic carbocycles. The Morgan fingerprint density at radius 1 is 1.24 bits per heavy atom. The summed E-state index contributed by atoms with van der Waals surface area (Å²) in [6.45, 7) is 0.140. The van der Waals surface area contributed by atoms with Gasteiger partial charge in [-0.25, -0.2) is 4.39 Å². The minimum atomic E-state index is -0.371. The zero-order valence-electron chi connectivity index (χ0n) is 12.9. The van der Waals surface area contributed by atoms with Crippen LogP contribution in [0.25, 0.3) is 6.08 Å². The minimum Gasteiger partial charge on any atom is -0.480 e. The van der Waals surface area contributed by atoms with Gasteiger partial charge in [0.25, 0.3) is 5.91 Å². The van der Waals surface area contributed by atoms with Crippen molar-refractivity contribution in [1.82, 2.24) is 0 Å². The van der Waals surface area contributed by atoms with Crippen LogP contribution in [0.15, 0.2) is 53.4 Å². The van der Waals surface area contributed by atoms with E-state index >= 15 is 0 Å². The van der Waals surface area contributed by atoms with Crippen LogP contribution < -0.4 is 9.64 Å². The smallest absolute Gasteiger partial charge is 0.270 e. The molecule has 0 bridgehead atoms. The highest BCUT2D eigenvalue weighted by Gasteiger charge is 2.33. The van der Waals surface area contributed by atoms with Crippen LogP contribution in [0.5, 0.6) is 5.75 Å². The van der Waals surface area contributed by atoms with Gasteiger partial charge in [0.2, 0.25) is 0 Å². The summed E-state index contributed by atoms with van der Waals surface area (Å²) in [5.74, 6) is 2.37. The van der Waals surface area contributed by atoms with Crippen molar-refractivity contribution in [3.63, 3.8) is 0 Å². The summed E-state index contributed by atoms with van der Waals surface area (Å²) >= 11 is 6.49. The standard InChI is InChI=1S/C19H12FNO2S2/c1-2-11-23-16-6-4-3-5-13(16)12-17-18(22)21(19(24)25-17)15-9-7-14(20)8-10-15/h1,3-10,12H,11H2/b17-12+. The number of anilines is 1. The second kappa shape index (κ2) is 7.51. The molecule has 1 aliphatic heterocycles. The third-order valence-electron chi connectivity index (χ3n) is 3.40. The van der Waals surface area contributed by atoms with E-state index in [1.54, 1.807) is 12.1 Å². The van der Waals surface area contributed by atoms with E-state index in [4.69, 9.17) is 23.4 Å². The van der Waals surface area contributed by atoms with Gasteiger partial charge < -0.3 is 4.74 Å². The van der Waals surface area contributed by atoms with E-state index < -0.39 is 0 Å². The number of para-hydroxylation sites is 1. The Bertz CT molecular complexity index is 900. The Morgan fingerprint density at radius 2 is 1.96 bits per heavy atom. The number of terminal acetylenes is 1. The molecule has 1 heterocycles. The molecule has 0 atom stereocenters. The third-order valence-corrected chi connectivity index (χ3v) is 4.70. The Hall–Kier alpha value is -2.62. The number of thiocarbonyl (C=S) groups is 1. The maximum absolute atomic E-state index is 13.1. The highest BCUT2D eigenvalue weighted by molar-refractivity contribution is 8.27. The first-order valence-electron chi connectivity index (χ1n) is 7.29. The molecule has 0 aliphatic carbocycles. The number of hydrogen-bond acceptors (Lipinski definition) is 4. The molecule has 2 aromatic rings. The van der Waals surface area contributed by atoms with E-state index in [-0.39, 0.29) is 18.3 Å². The van der Waals surface area contributed by atoms with Crippen molar-refractivity contribution in [2.75, 3.05) is 11.5 Å². The van der Waals surface area contributed by atoms with Crippen LogP contribution in [-0.2, 0) is 4.79 Å². The second-order valence-electron chi connectivity index (χ2n) is 5.02. The molecule has 6 heteroatoms. The number of thioether (sulfide) groups is 1. The van der Waals surface area contributed by atoms with Crippen molar-refractivity contribution in [3.8, 4) is 18.1 Å². The molecule has 1 aliphatic rings. The molecule has 0 N–H and O–H groups in total. The van der Waals surface area contributed by atoms with E-state index in [1.165, 1.54) is 40.9 Å². The topological polar surface area (TPSA) is 29.5 Å². The fraction of sp³-hybridized carbons (Fsp3) is 0.0526. The highest BCUT2D eigenvalue weighted by atomic mass is 32.2. The third kappa shape index (κ3) is 3.73. The maximum atomic E-state index is 13.1. The molecule has 1 amide bonds. The van der Waals surface area contributed by atoms with Crippen LogP contribution in [0.4, 0.5) is 10.1 Å². The van der Waals surface area contributed by atoms with Crippen LogP contribution in [-0.4, -0.2) is 16.8 Å². The second-order valence-corrected chi connectivity index (χ2v) is 6.70. The lowest BCUT2D eigenvalue weighted by Crippen LogP contribution is -2.27. The van der Waals surface area contributed by atoms with Crippen molar-refractivity contribution in [2.24, 2.45) is 0 Å². The lowest BCUT2D eigenvalue weighted by molar-refractivity contribution is -0.113. The summed E-state index contributed by atoms with van der Waals surface area (Å²) in [5.41, 5.74) is 1.27. The van der Waals surface area contributed by atoms with Gasteiger partial charge in [0.05, 0.1) is 10.6 Å². The van der Waals surface area contributed by atoms with Crippen molar-refractivity contribution in [2.45, 2.75) is 0 Å². The lowest BCUT2D eigenvalue weighted by Gasteiger charge is -2.14. The van der Waals surface area contributed by atoms with Crippen LogP contribution in [0.1, 0.15) is 5.56 Å². The number of nitrogens with zero attached hydrogens (tertiary/aromatic N) is 1. The normalized spacial score (nSPS) is 15.5. The Morgan fingerprint density at radius 3 is 2.68 bits per heavy atom. The van der Waals surface area contributed by atoms with Gasteiger partial charge in [-0.3, -0.25) is 9.69 Å². The molecule has 3 nitrogen and oxygen atoms in total. The first-order chi connectivity index (χ1) is 12.1. The van der Waals surface area contributed by atoms with E-state index in [0.717, 1.165) is 5.56 Å². The Kier molecular flexibility index (Phi) is 5.17. The summed E-state index contributed by atoms with van der Waals surface area (Å²) in [6, 6.07) is 12.9. The fourth-order valence-electron chi connectivity index (χ4n) is 2.27. The molecule has 0 unspecified atom stereocenters. The molecule has 0 radical (unpaired) electrons. The molecule has 0 aromatic heterocycles. The molecule has 1 fully saturated rings. The summed E-state index contributed by atoms with van der Waals surface area (Å²) in [5, 5.41) is 0. The number of rotatable bonds is 4. The van der Waals surface area contributed by atoms with Crippen molar-refractivity contribution >= 4 is 46.0 Å². The monoisotopic (exact) mass is 369 g/mol. The number of hydrogen-bond donors (Lipinski definition) is 0. The van der Waals surface area contributed by atoms with Gasteiger partial charge in [-0.05, 0) is 36.4 Å². The van der Waals surface area contributed by atoms with Crippen LogP contribution in [0.2, 0.25) is 0 Å². The molecule has 0 saturated carbocycles. The number of carbonyl (C=O) groups excluding carboxylic acids is 1. The van der Waals surface area contributed by atoms with Gasteiger partial charge in [0.1, 0.15) is 18.2 Å². The van der Waals surface area contributed by atoms with Crippen molar-refractivity contribution < 1.29 is 13.9 Å². The van der Waals surface area contributed by atoms with E-state index in [2.05, 4.69) is 5.92 Å². The molecule has 124 valence electrons. The maximum Gasteiger partial charge on any atom is 0.270 e.